The van der Waals surface area contributed by atoms with E-state index in [0.29, 0.717) is 17.5 Å². The number of amides is 1. The van der Waals surface area contributed by atoms with E-state index in [0.717, 1.165) is 22.2 Å². The molecule has 1 aromatic heterocycles. The number of para-hydroxylation sites is 2. The molecule has 0 fully saturated rings. The standard InChI is InChI=1S/C26H22ClN3O3/c1-2-33-25(32)22-23(18-11-8-12-19(27)15-18)30-21-14-7-6-13-20(21)28-26(30)29(24(22)31)16-17-9-4-3-5-10-17/h3-15,22-23H,2,16H2,1H3. The fourth-order valence-corrected chi connectivity index (χ4v) is 4.65. The lowest BCUT2D eigenvalue weighted by molar-refractivity contribution is -0.153. The first-order valence-corrected chi connectivity index (χ1v) is 11.2. The number of carbonyl (C=O) groups excluding carboxylic acids is 2. The van der Waals surface area contributed by atoms with Gasteiger partial charge >= 0.3 is 5.97 Å². The summed E-state index contributed by atoms with van der Waals surface area (Å²) in [6.07, 6.45) is 0. The first-order chi connectivity index (χ1) is 16.1. The van der Waals surface area contributed by atoms with Crippen molar-refractivity contribution in [2.75, 3.05) is 11.5 Å². The number of imidazole rings is 1. The molecule has 33 heavy (non-hydrogen) atoms. The molecule has 1 aliphatic heterocycles. The van der Waals surface area contributed by atoms with Crippen LogP contribution in [0.25, 0.3) is 11.0 Å². The Hall–Kier alpha value is -3.64. The van der Waals surface area contributed by atoms with Crippen molar-refractivity contribution >= 4 is 40.5 Å². The lowest BCUT2D eigenvalue weighted by Gasteiger charge is -2.38. The fourth-order valence-electron chi connectivity index (χ4n) is 4.46. The molecule has 1 amide bonds. The summed E-state index contributed by atoms with van der Waals surface area (Å²) in [5.74, 6) is -1.48. The highest BCUT2D eigenvalue weighted by Gasteiger charge is 2.47. The molecule has 0 saturated carbocycles. The predicted molar refractivity (Wildman–Crippen MR) is 127 cm³/mol. The zero-order valence-corrected chi connectivity index (χ0v) is 18.8. The Bertz CT molecular complexity index is 1340. The van der Waals surface area contributed by atoms with Crippen molar-refractivity contribution in [1.29, 1.82) is 0 Å². The first kappa shape index (κ1) is 21.2. The molecule has 3 aromatic carbocycles. The van der Waals surface area contributed by atoms with Gasteiger partial charge in [-0.1, -0.05) is 66.2 Å². The number of carbonyl (C=O) groups is 2. The van der Waals surface area contributed by atoms with Crippen LogP contribution in [0.4, 0.5) is 5.95 Å². The van der Waals surface area contributed by atoms with E-state index >= 15 is 0 Å². The first-order valence-electron chi connectivity index (χ1n) is 10.8. The van der Waals surface area contributed by atoms with Crippen LogP contribution < -0.4 is 4.90 Å². The maximum atomic E-state index is 13.9. The van der Waals surface area contributed by atoms with Gasteiger partial charge in [0.05, 0.1) is 30.2 Å². The lowest BCUT2D eigenvalue weighted by Crippen LogP contribution is -2.49. The molecule has 6 nitrogen and oxygen atoms in total. The molecule has 2 unspecified atom stereocenters. The number of rotatable bonds is 5. The summed E-state index contributed by atoms with van der Waals surface area (Å²) in [6.45, 7) is 2.21. The molecule has 7 heteroatoms. The van der Waals surface area contributed by atoms with Crippen LogP contribution in [0, 0.1) is 5.92 Å². The zero-order valence-electron chi connectivity index (χ0n) is 18.0. The van der Waals surface area contributed by atoms with Crippen molar-refractivity contribution in [3.8, 4) is 0 Å². The highest BCUT2D eigenvalue weighted by Crippen LogP contribution is 2.42. The average molecular weight is 460 g/mol. The van der Waals surface area contributed by atoms with Crippen molar-refractivity contribution in [2.24, 2.45) is 5.92 Å². The minimum absolute atomic E-state index is 0.182. The Morgan fingerprint density at radius 2 is 1.79 bits per heavy atom. The molecular weight excluding hydrogens is 438 g/mol. The van der Waals surface area contributed by atoms with E-state index in [1.807, 2.05) is 71.3 Å². The smallest absolute Gasteiger partial charge is 0.321 e. The number of esters is 1. The minimum atomic E-state index is -1.07. The summed E-state index contributed by atoms with van der Waals surface area (Å²) in [4.78, 5) is 33.5. The van der Waals surface area contributed by atoms with Gasteiger partial charge in [-0.25, -0.2) is 4.98 Å². The Morgan fingerprint density at radius 3 is 2.55 bits per heavy atom. The maximum absolute atomic E-state index is 13.9. The number of halogens is 1. The lowest BCUT2D eigenvalue weighted by atomic mass is 9.89. The molecule has 1 aliphatic rings. The highest BCUT2D eigenvalue weighted by atomic mass is 35.5. The monoisotopic (exact) mass is 459 g/mol. The number of ether oxygens (including phenoxy) is 1. The maximum Gasteiger partial charge on any atom is 0.321 e. The van der Waals surface area contributed by atoms with Crippen molar-refractivity contribution in [3.05, 3.63) is 95.0 Å². The Morgan fingerprint density at radius 1 is 1.03 bits per heavy atom. The number of benzene rings is 3. The summed E-state index contributed by atoms with van der Waals surface area (Å²) < 4.78 is 7.35. The molecule has 2 atom stereocenters. The number of hydrogen-bond donors (Lipinski definition) is 0. The van der Waals surface area contributed by atoms with Crippen LogP contribution in [-0.4, -0.2) is 28.0 Å². The second-order valence-electron chi connectivity index (χ2n) is 7.91. The molecule has 0 N–H and O–H groups in total. The Kier molecular flexibility index (Phi) is 5.60. The van der Waals surface area contributed by atoms with Gasteiger partial charge in [0.25, 0.3) is 0 Å². The number of anilines is 1. The van der Waals surface area contributed by atoms with Crippen LogP contribution in [0.15, 0.2) is 78.9 Å². The van der Waals surface area contributed by atoms with Gasteiger partial charge in [-0.3, -0.25) is 14.5 Å². The van der Waals surface area contributed by atoms with E-state index in [1.54, 1.807) is 24.0 Å². The molecule has 166 valence electrons. The van der Waals surface area contributed by atoms with Gasteiger partial charge in [-0.05, 0) is 42.3 Å². The predicted octanol–water partition coefficient (Wildman–Crippen LogP) is 5.01. The van der Waals surface area contributed by atoms with Crippen LogP contribution in [0.5, 0.6) is 0 Å². The van der Waals surface area contributed by atoms with Crippen molar-refractivity contribution in [3.63, 3.8) is 0 Å². The van der Waals surface area contributed by atoms with E-state index in [9.17, 15) is 9.59 Å². The SMILES string of the molecule is CCOC(=O)C1C(=O)N(Cc2ccccc2)c2nc3ccccc3n2C1c1cccc(Cl)c1. The molecule has 0 aliphatic carbocycles. The van der Waals surface area contributed by atoms with E-state index < -0.39 is 17.9 Å². The molecule has 0 saturated heterocycles. The van der Waals surface area contributed by atoms with E-state index in [1.165, 1.54) is 0 Å². The number of hydrogen-bond acceptors (Lipinski definition) is 4. The second-order valence-corrected chi connectivity index (χ2v) is 8.35. The van der Waals surface area contributed by atoms with E-state index in [2.05, 4.69) is 0 Å². The molecule has 4 aromatic rings. The average Bonchev–Trinajstić information content (AvgIpc) is 3.20. The quantitative estimate of drug-likeness (QED) is 0.311. The second kappa shape index (κ2) is 8.71. The van der Waals surface area contributed by atoms with Crippen molar-refractivity contribution in [2.45, 2.75) is 19.5 Å². The topological polar surface area (TPSA) is 64.4 Å². The van der Waals surface area contributed by atoms with Gasteiger partial charge in [-0.2, -0.15) is 0 Å². The van der Waals surface area contributed by atoms with E-state index in [4.69, 9.17) is 21.3 Å². The highest BCUT2D eigenvalue weighted by molar-refractivity contribution is 6.30. The Balaban J connectivity index is 1.76. The van der Waals surface area contributed by atoms with Gasteiger partial charge in [0.15, 0.2) is 5.92 Å². The van der Waals surface area contributed by atoms with Crippen LogP contribution >= 0.6 is 11.6 Å². The number of nitrogens with zero attached hydrogens (tertiary/aromatic N) is 3. The molecule has 0 spiro atoms. The van der Waals surface area contributed by atoms with Crippen LogP contribution in [-0.2, 0) is 20.9 Å². The summed E-state index contributed by atoms with van der Waals surface area (Å²) >= 11 is 6.31. The summed E-state index contributed by atoms with van der Waals surface area (Å²) in [6, 6.07) is 24.0. The third-order valence-electron chi connectivity index (χ3n) is 5.86. The van der Waals surface area contributed by atoms with Crippen LogP contribution in [0.3, 0.4) is 0 Å². The van der Waals surface area contributed by atoms with Gasteiger partial charge in [0, 0.05) is 5.02 Å². The minimum Gasteiger partial charge on any atom is -0.465 e. The zero-order chi connectivity index (χ0) is 22.9. The third kappa shape index (κ3) is 3.76. The van der Waals surface area contributed by atoms with Gasteiger partial charge in [0.1, 0.15) is 0 Å². The Labute approximate surface area is 196 Å². The van der Waals surface area contributed by atoms with Gasteiger partial charge in [-0.15, -0.1) is 0 Å². The van der Waals surface area contributed by atoms with Crippen LogP contribution in [0.1, 0.15) is 24.1 Å². The van der Waals surface area contributed by atoms with Crippen molar-refractivity contribution in [1.82, 2.24) is 9.55 Å². The molecule has 2 heterocycles. The summed E-state index contributed by atoms with van der Waals surface area (Å²) in [5.41, 5.74) is 3.26. The summed E-state index contributed by atoms with van der Waals surface area (Å²) in [5, 5.41) is 0.528. The van der Waals surface area contributed by atoms with Gasteiger partial charge in [0.2, 0.25) is 11.9 Å². The molecule has 0 bridgehead atoms. The fraction of sp³-hybridized carbons (Fsp3) is 0.192. The number of aromatic nitrogens is 2. The molecule has 5 rings (SSSR count). The molecular formula is C26H22ClN3O3. The molecule has 0 radical (unpaired) electrons. The third-order valence-corrected chi connectivity index (χ3v) is 6.09. The van der Waals surface area contributed by atoms with Gasteiger partial charge < -0.3 is 9.30 Å². The van der Waals surface area contributed by atoms with Crippen molar-refractivity contribution < 1.29 is 14.3 Å². The largest absolute Gasteiger partial charge is 0.465 e. The number of fused-ring (bicyclic) bond motifs is 3. The van der Waals surface area contributed by atoms with E-state index in [-0.39, 0.29) is 12.5 Å². The normalized spacial score (nSPS) is 17.8. The van der Waals surface area contributed by atoms with Crippen LogP contribution in [0.2, 0.25) is 5.02 Å². The summed E-state index contributed by atoms with van der Waals surface area (Å²) in [7, 11) is 0.